The van der Waals surface area contributed by atoms with Crippen LogP contribution in [0.3, 0.4) is 0 Å². The van der Waals surface area contributed by atoms with Crippen molar-refractivity contribution < 1.29 is 24.9 Å². The number of carbonyl (C=O) groups excluding carboxylic acids is 1. The zero-order valence-corrected chi connectivity index (χ0v) is 15.4. The fourth-order valence-electron chi connectivity index (χ4n) is 7.01. The van der Waals surface area contributed by atoms with Crippen molar-refractivity contribution >= 4 is 5.97 Å². The van der Waals surface area contributed by atoms with Crippen LogP contribution in [-0.4, -0.2) is 39.8 Å². The number of aliphatic hydroxyl groups is 3. The summed E-state index contributed by atoms with van der Waals surface area (Å²) in [5.41, 5.74) is 0.345. The minimum atomic E-state index is -1.52. The summed E-state index contributed by atoms with van der Waals surface area (Å²) in [5.74, 6) is -1.81. The summed E-state index contributed by atoms with van der Waals surface area (Å²) in [6.45, 7) is 6.51. The minimum Gasteiger partial charge on any atom is -0.426 e. The number of carbonyl (C=O) groups is 1. The molecule has 1 heterocycles. The summed E-state index contributed by atoms with van der Waals surface area (Å²) >= 11 is 0. The molecule has 5 heteroatoms. The summed E-state index contributed by atoms with van der Waals surface area (Å²) in [6, 6.07) is 0. The van der Waals surface area contributed by atoms with Crippen LogP contribution in [0.25, 0.3) is 0 Å². The summed E-state index contributed by atoms with van der Waals surface area (Å²) in [5, 5.41) is 32.1. The van der Waals surface area contributed by atoms with E-state index in [-0.39, 0.29) is 41.1 Å². The van der Waals surface area contributed by atoms with Crippen LogP contribution in [0, 0.1) is 34.5 Å². The van der Waals surface area contributed by atoms with Gasteiger partial charge in [-0.3, -0.25) is 0 Å². The molecule has 3 saturated carbocycles. The Morgan fingerprint density at radius 3 is 2.72 bits per heavy atom. The van der Waals surface area contributed by atoms with Crippen LogP contribution in [-0.2, 0) is 9.53 Å². The number of esters is 1. The standard InChI is InChI=1S/C20H30O5/c1-11-12-7-16(23)25-20(12,24)9-13-17(11)14(22)8-15-18(2,10-21)5-4-6-19(13,15)3/h7,11,13-15,17,21-22,24H,4-6,8-10H2,1-3H3/t11-,13-,14-,15-,17-,18-,19-,20-/m1/s1. The molecule has 0 bridgehead atoms. The van der Waals surface area contributed by atoms with Gasteiger partial charge in [0.2, 0.25) is 5.79 Å². The fourth-order valence-corrected chi connectivity index (χ4v) is 7.01. The zero-order chi connectivity index (χ0) is 18.2. The Morgan fingerprint density at radius 2 is 2.04 bits per heavy atom. The van der Waals surface area contributed by atoms with E-state index < -0.39 is 17.9 Å². The Bertz CT molecular complexity index is 630. The summed E-state index contributed by atoms with van der Waals surface area (Å²) in [4.78, 5) is 11.8. The normalized spacial score (nSPS) is 54.9. The van der Waals surface area contributed by atoms with Gasteiger partial charge in [-0.25, -0.2) is 4.79 Å². The first kappa shape index (κ1) is 17.5. The van der Waals surface area contributed by atoms with Crippen molar-refractivity contribution in [1.29, 1.82) is 0 Å². The van der Waals surface area contributed by atoms with Gasteiger partial charge in [0.25, 0.3) is 0 Å². The van der Waals surface area contributed by atoms with E-state index in [1.165, 1.54) is 6.08 Å². The molecule has 0 amide bonds. The third kappa shape index (κ3) is 2.22. The number of rotatable bonds is 1. The molecule has 0 radical (unpaired) electrons. The third-order valence-electron chi connectivity index (χ3n) is 8.25. The second kappa shape index (κ2) is 5.30. The molecule has 0 saturated heterocycles. The average Bonchev–Trinajstić information content (AvgIpc) is 2.85. The number of hydrogen-bond donors (Lipinski definition) is 3. The quantitative estimate of drug-likeness (QED) is 0.630. The molecule has 25 heavy (non-hydrogen) atoms. The molecule has 3 N–H and O–H groups in total. The van der Waals surface area contributed by atoms with Gasteiger partial charge in [-0.1, -0.05) is 27.2 Å². The maximum atomic E-state index is 11.8. The lowest BCUT2D eigenvalue weighted by molar-refractivity contribution is -0.237. The van der Waals surface area contributed by atoms with Gasteiger partial charge in [0, 0.05) is 24.7 Å². The molecule has 1 aliphatic heterocycles. The molecule has 140 valence electrons. The van der Waals surface area contributed by atoms with Gasteiger partial charge in [-0.05, 0) is 53.8 Å². The number of fused-ring (bicyclic) bond motifs is 4. The van der Waals surface area contributed by atoms with Crippen LogP contribution in [0.5, 0.6) is 0 Å². The van der Waals surface area contributed by atoms with Gasteiger partial charge in [-0.2, -0.15) is 0 Å². The topological polar surface area (TPSA) is 87.0 Å². The predicted molar refractivity (Wildman–Crippen MR) is 91.2 cm³/mol. The molecule has 0 unspecified atom stereocenters. The van der Waals surface area contributed by atoms with E-state index in [0.717, 1.165) is 19.3 Å². The van der Waals surface area contributed by atoms with E-state index in [2.05, 4.69) is 13.8 Å². The van der Waals surface area contributed by atoms with Gasteiger partial charge in [0.15, 0.2) is 0 Å². The molecule has 4 rings (SSSR count). The van der Waals surface area contributed by atoms with E-state index in [1.807, 2.05) is 6.92 Å². The maximum absolute atomic E-state index is 11.8. The molecule has 5 nitrogen and oxygen atoms in total. The highest BCUT2D eigenvalue weighted by atomic mass is 16.7. The number of ether oxygens (including phenoxy) is 1. The first-order valence-corrected chi connectivity index (χ1v) is 9.61. The van der Waals surface area contributed by atoms with E-state index >= 15 is 0 Å². The second-order valence-corrected chi connectivity index (χ2v) is 9.51. The first-order valence-electron chi connectivity index (χ1n) is 9.61. The van der Waals surface area contributed by atoms with Gasteiger partial charge in [0.05, 0.1) is 6.10 Å². The smallest absolute Gasteiger partial charge is 0.333 e. The van der Waals surface area contributed by atoms with Gasteiger partial charge in [0.1, 0.15) is 0 Å². The Hall–Kier alpha value is -0.910. The first-order chi connectivity index (χ1) is 11.6. The third-order valence-corrected chi connectivity index (χ3v) is 8.25. The highest BCUT2D eigenvalue weighted by Gasteiger charge is 2.65. The number of hydrogen-bond acceptors (Lipinski definition) is 5. The predicted octanol–water partition coefficient (Wildman–Crippen LogP) is 2.00. The monoisotopic (exact) mass is 350 g/mol. The Kier molecular flexibility index (Phi) is 3.71. The Labute approximate surface area is 149 Å². The van der Waals surface area contributed by atoms with E-state index in [4.69, 9.17) is 4.74 Å². The summed E-state index contributed by atoms with van der Waals surface area (Å²) < 4.78 is 5.30. The molecule has 8 atom stereocenters. The van der Waals surface area contributed by atoms with Crippen molar-refractivity contribution in [2.75, 3.05) is 6.61 Å². The van der Waals surface area contributed by atoms with Crippen molar-refractivity contribution in [1.82, 2.24) is 0 Å². The lowest BCUT2D eigenvalue weighted by Crippen LogP contribution is -2.62. The Balaban J connectivity index is 1.78. The van der Waals surface area contributed by atoms with Crippen LogP contribution in [0.1, 0.15) is 52.9 Å². The molecular formula is C20H30O5. The largest absolute Gasteiger partial charge is 0.426 e. The molecule has 0 aromatic carbocycles. The van der Waals surface area contributed by atoms with Gasteiger partial charge >= 0.3 is 5.97 Å². The van der Waals surface area contributed by atoms with Crippen molar-refractivity contribution in [3.63, 3.8) is 0 Å². The minimum absolute atomic E-state index is 0.0170. The molecule has 3 aliphatic carbocycles. The molecule has 0 spiro atoms. The van der Waals surface area contributed by atoms with Crippen molar-refractivity contribution in [3.8, 4) is 0 Å². The highest BCUT2D eigenvalue weighted by Crippen LogP contribution is 2.66. The average molecular weight is 350 g/mol. The van der Waals surface area contributed by atoms with Crippen LogP contribution < -0.4 is 0 Å². The highest BCUT2D eigenvalue weighted by molar-refractivity contribution is 5.86. The SMILES string of the molecule is C[C@@H]1C2=CC(=O)O[C@]2(O)C[C@@H]2[C@@H]1[C@H](O)C[C@@H]1[C@@](C)(CO)CCC[C@]21C. The number of aliphatic hydroxyl groups excluding tert-OH is 2. The van der Waals surface area contributed by atoms with Crippen molar-refractivity contribution in [2.24, 2.45) is 34.5 Å². The van der Waals surface area contributed by atoms with Gasteiger partial charge < -0.3 is 20.1 Å². The van der Waals surface area contributed by atoms with Gasteiger partial charge in [-0.15, -0.1) is 0 Å². The maximum Gasteiger partial charge on any atom is 0.333 e. The molecular weight excluding hydrogens is 320 g/mol. The molecule has 0 aromatic rings. The van der Waals surface area contributed by atoms with Crippen molar-refractivity contribution in [3.05, 3.63) is 11.6 Å². The van der Waals surface area contributed by atoms with E-state index in [9.17, 15) is 20.1 Å². The van der Waals surface area contributed by atoms with E-state index in [1.54, 1.807) is 0 Å². The Morgan fingerprint density at radius 1 is 1.32 bits per heavy atom. The second-order valence-electron chi connectivity index (χ2n) is 9.51. The van der Waals surface area contributed by atoms with E-state index in [0.29, 0.717) is 18.4 Å². The van der Waals surface area contributed by atoms with Crippen molar-refractivity contribution in [2.45, 2.75) is 64.8 Å². The molecule has 3 fully saturated rings. The fraction of sp³-hybridized carbons (Fsp3) is 0.850. The molecule has 4 aliphatic rings. The van der Waals surface area contributed by atoms with Crippen LogP contribution in [0.4, 0.5) is 0 Å². The lowest BCUT2D eigenvalue weighted by Gasteiger charge is -2.64. The lowest BCUT2D eigenvalue weighted by atomic mass is 9.42. The molecule has 0 aromatic heterocycles. The zero-order valence-electron chi connectivity index (χ0n) is 15.4. The van der Waals surface area contributed by atoms with Crippen LogP contribution in [0.2, 0.25) is 0 Å². The van der Waals surface area contributed by atoms with Crippen LogP contribution >= 0.6 is 0 Å². The summed E-state index contributed by atoms with van der Waals surface area (Å²) in [6.07, 6.45) is 5.00. The van der Waals surface area contributed by atoms with Crippen LogP contribution in [0.15, 0.2) is 11.6 Å². The summed E-state index contributed by atoms with van der Waals surface area (Å²) in [7, 11) is 0.